The third-order valence-corrected chi connectivity index (χ3v) is 7.48. The number of hydrogen-bond donors (Lipinski definition) is 1. The van der Waals surface area contributed by atoms with Gasteiger partial charge in [-0.05, 0) is 32.9 Å². The second kappa shape index (κ2) is 26.5. The molecular formula is C26H56NO3P. The molecule has 0 aliphatic heterocycles. The van der Waals surface area contributed by atoms with Crippen molar-refractivity contribution in [2.24, 2.45) is 0 Å². The molecule has 0 aliphatic carbocycles. The van der Waals surface area contributed by atoms with Crippen molar-refractivity contribution in [1.29, 1.82) is 0 Å². The molecule has 1 N–H and O–H groups in total. The Kier molecular flexibility index (Phi) is 26.8. The minimum Gasteiger partial charge on any atom is -0.329 e. The van der Waals surface area contributed by atoms with Gasteiger partial charge in [-0.3, -0.25) is 0 Å². The minimum absolute atomic E-state index is 0.330. The third kappa shape index (κ3) is 23.2. The van der Waals surface area contributed by atoms with Gasteiger partial charge < -0.3 is 9.84 Å². The van der Waals surface area contributed by atoms with Crippen molar-refractivity contribution >= 4 is 8.38 Å². The molecular weight excluding hydrogens is 405 g/mol. The standard InChI is InChI=1S/C26H56NO3P/c1-5-7-9-11-13-14-16-18-20-23-26(22-19-17-15-12-10-8-6-2)29-31(30-28-4)25-21-24-27-3/h26-27H,5-25H2,1-4H3. The normalized spacial score (nSPS) is 13.5. The van der Waals surface area contributed by atoms with Gasteiger partial charge in [-0.15, -0.1) is 0 Å². The summed E-state index contributed by atoms with van der Waals surface area (Å²) in [4.78, 5) is 5.00. The van der Waals surface area contributed by atoms with Gasteiger partial charge in [0.05, 0.1) is 13.2 Å². The summed E-state index contributed by atoms with van der Waals surface area (Å²) in [5, 5.41) is 3.21. The van der Waals surface area contributed by atoms with Gasteiger partial charge in [-0.2, -0.15) is 4.67 Å². The molecule has 0 spiro atoms. The highest BCUT2D eigenvalue weighted by Crippen LogP contribution is 2.42. The van der Waals surface area contributed by atoms with Crippen molar-refractivity contribution < 1.29 is 14.1 Å². The van der Waals surface area contributed by atoms with Crippen molar-refractivity contribution in [3.63, 3.8) is 0 Å². The van der Waals surface area contributed by atoms with Crippen molar-refractivity contribution in [3.05, 3.63) is 0 Å². The lowest BCUT2D eigenvalue weighted by atomic mass is 10.0. The molecule has 2 unspecified atom stereocenters. The summed E-state index contributed by atoms with van der Waals surface area (Å²) in [6.07, 6.45) is 26.5. The Morgan fingerprint density at radius 3 is 1.52 bits per heavy atom. The van der Waals surface area contributed by atoms with Crippen LogP contribution in [-0.2, 0) is 14.1 Å². The van der Waals surface area contributed by atoms with E-state index in [0.717, 1.165) is 19.1 Å². The zero-order valence-corrected chi connectivity index (χ0v) is 22.5. The molecule has 0 amide bonds. The van der Waals surface area contributed by atoms with E-state index in [0.29, 0.717) is 6.10 Å². The molecule has 5 heteroatoms. The largest absolute Gasteiger partial charge is 0.329 e. The number of nitrogens with one attached hydrogen (secondary N) is 1. The fourth-order valence-corrected chi connectivity index (χ4v) is 5.34. The van der Waals surface area contributed by atoms with Crippen molar-refractivity contribution in [3.8, 4) is 0 Å². The number of hydrogen-bond acceptors (Lipinski definition) is 4. The quantitative estimate of drug-likeness (QED) is 0.0604. The van der Waals surface area contributed by atoms with Crippen LogP contribution in [0.3, 0.4) is 0 Å². The molecule has 4 nitrogen and oxygen atoms in total. The summed E-state index contributed by atoms with van der Waals surface area (Å²) in [7, 11) is 2.65. The molecule has 0 fully saturated rings. The zero-order chi connectivity index (χ0) is 22.8. The summed E-state index contributed by atoms with van der Waals surface area (Å²) >= 11 is 0. The monoisotopic (exact) mass is 461 g/mol. The van der Waals surface area contributed by atoms with Crippen LogP contribution in [0.5, 0.6) is 0 Å². The summed E-state index contributed by atoms with van der Waals surface area (Å²) < 4.78 is 11.9. The van der Waals surface area contributed by atoms with E-state index in [2.05, 4.69) is 19.2 Å². The van der Waals surface area contributed by atoms with Gasteiger partial charge in [0.1, 0.15) is 0 Å². The minimum atomic E-state index is -0.943. The average molecular weight is 462 g/mol. The fourth-order valence-electron chi connectivity index (χ4n) is 4.00. The maximum atomic E-state index is 6.44. The van der Waals surface area contributed by atoms with Crippen LogP contribution >= 0.6 is 8.38 Å². The zero-order valence-electron chi connectivity index (χ0n) is 21.6. The van der Waals surface area contributed by atoms with E-state index in [1.807, 2.05) is 7.05 Å². The first kappa shape index (κ1) is 31.3. The lowest BCUT2D eigenvalue weighted by molar-refractivity contribution is -0.180. The van der Waals surface area contributed by atoms with Crippen molar-refractivity contribution in [2.45, 2.75) is 142 Å². The molecule has 0 rings (SSSR count). The Hall–Kier alpha value is 0.270. The average Bonchev–Trinajstić information content (AvgIpc) is 2.77. The van der Waals surface area contributed by atoms with E-state index in [1.165, 1.54) is 116 Å². The molecule has 0 bridgehead atoms. The highest BCUT2D eigenvalue weighted by atomic mass is 31.2. The van der Waals surface area contributed by atoms with Gasteiger partial charge in [-0.1, -0.05) is 117 Å². The van der Waals surface area contributed by atoms with Crippen LogP contribution in [0.4, 0.5) is 0 Å². The first-order chi connectivity index (χ1) is 15.3. The summed E-state index contributed by atoms with van der Waals surface area (Å²) in [6.45, 7) is 5.57. The lowest BCUT2D eigenvalue weighted by Crippen LogP contribution is -2.14. The van der Waals surface area contributed by atoms with E-state index < -0.39 is 8.38 Å². The molecule has 31 heavy (non-hydrogen) atoms. The van der Waals surface area contributed by atoms with Gasteiger partial charge in [0.15, 0.2) is 0 Å². The topological polar surface area (TPSA) is 39.7 Å². The van der Waals surface area contributed by atoms with Gasteiger partial charge in [-0.25, -0.2) is 4.89 Å². The number of rotatable bonds is 26. The maximum Gasteiger partial charge on any atom is 0.209 e. The van der Waals surface area contributed by atoms with E-state index in [-0.39, 0.29) is 0 Å². The second-order valence-corrected chi connectivity index (χ2v) is 10.5. The SMILES string of the molecule is CCCCCCCCCCCC(CCCCCCCCC)OP(CCCNC)OOC. The van der Waals surface area contributed by atoms with E-state index >= 15 is 0 Å². The van der Waals surface area contributed by atoms with Gasteiger partial charge in [0.25, 0.3) is 0 Å². The van der Waals surface area contributed by atoms with Crippen LogP contribution in [0.15, 0.2) is 0 Å². The molecule has 0 saturated heterocycles. The fraction of sp³-hybridized carbons (Fsp3) is 1.00. The summed E-state index contributed by atoms with van der Waals surface area (Å²) in [6, 6.07) is 0. The molecule has 0 aliphatic rings. The van der Waals surface area contributed by atoms with Crippen LogP contribution in [-0.4, -0.2) is 33.0 Å². The van der Waals surface area contributed by atoms with Crippen LogP contribution in [0.1, 0.15) is 136 Å². The van der Waals surface area contributed by atoms with E-state index in [9.17, 15) is 0 Å². The Labute approximate surface area is 196 Å². The highest BCUT2D eigenvalue weighted by molar-refractivity contribution is 7.47. The van der Waals surface area contributed by atoms with E-state index in [1.54, 1.807) is 7.11 Å². The Balaban J connectivity index is 4.18. The first-order valence-corrected chi connectivity index (χ1v) is 14.9. The maximum absolute atomic E-state index is 6.44. The second-order valence-electron chi connectivity index (χ2n) is 9.01. The highest BCUT2D eigenvalue weighted by Gasteiger charge is 2.18. The molecule has 0 radical (unpaired) electrons. The molecule has 188 valence electrons. The molecule has 0 aromatic heterocycles. The van der Waals surface area contributed by atoms with Crippen molar-refractivity contribution in [2.75, 3.05) is 26.9 Å². The Bertz CT molecular complexity index is 334. The van der Waals surface area contributed by atoms with Gasteiger partial charge >= 0.3 is 0 Å². The molecule has 0 heterocycles. The lowest BCUT2D eigenvalue weighted by Gasteiger charge is -2.23. The first-order valence-electron chi connectivity index (χ1n) is 13.6. The molecule has 0 aromatic rings. The molecule has 0 aromatic carbocycles. The Morgan fingerprint density at radius 1 is 0.645 bits per heavy atom. The predicted octanol–water partition coefficient (Wildman–Crippen LogP) is 8.93. The third-order valence-electron chi connectivity index (χ3n) is 5.95. The summed E-state index contributed by atoms with van der Waals surface area (Å²) in [5.41, 5.74) is 0. The predicted molar refractivity (Wildman–Crippen MR) is 138 cm³/mol. The van der Waals surface area contributed by atoms with Crippen LogP contribution < -0.4 is 5.32 Å². The summed E-state index contributed by atoms with van der Waals surface area (Å²) in [5.74, 6) is 0. The van der Waals surface area contributed by atoms with E-state index in [4.69, 9.17) is 14.1 Å². The van der Waals surface area contributed by atoms with Crippen LogP contribution in [0, 0.1) is 0 Å². The van der Waals surface area contributed by atoms with Gasteiger partial charge in [0.2, 0.25) is 8.38 Å². The van der Waals surface area contributed by atoms with Crippen molar-refractivity contribution in [1.82, 2.24) is 5.32 Å². The smallest absolute Gasteiger partial charge is 0.209 e. The van der Waals surface area contributed by atoms with Crippen LogP contribution in [0.2, 0.25) is 0 Å². The molecule has 2 atom stereocenters. The number of unbranched alkanes of at least 4 members (excludes halogenated alkanes) is 14. The van der Waals surface area contributed by atoms with Crippen LogP contribution in [0.25, 0.3) is 0 Å². The molecule has 0 saturated carbocycles. The van der Waals surface area contributed by atoms with Gasteiger partial charge in [0, 0.05) is 6.16 Å². The Morgan fingerprint density at radius 2 is 1.10 bits per heavy atom.